The van der Waals surface area contributed by atoms with E-state index in [0.29, 0.717) is 5.92 Å². The van der Waals surface area contributed by atoms with Gasteiger partial charge in [0, 0.05) is 74.4 Å². The Morgan fingerprint density at radius 3 is 1.71 bits per heavy atom. The van der Waals surface area contributed by atoms with E-state index in [0.717, 1.165) is 47.1 Å². The number of rotatable bonds is 9. The number of allylic oxidation sites excluding steroid dienone is 6. The molecule has 2 atom stereocenters. The van der Waals surface area contributed by atoms with Gasteiger partial charge in [0.25, 0.3) is 0 Å². The Morgan fingerprint density at radius 2 is 1.02 bits per heavy atom. The first-order valence-electron chi connectivity index (χ1n) is 23.2. The van der Waals surface area contributed by atoms with E-state index in [9.17, 15) is 0 Å². The standard InChI is InChI=1S/C62H52N4/c1-45-18-16-25-54(42-45)66-61-30-15-13-28-58(61)59-44-56(39-40-62(59)66)65(51-23-10-5-11-24-51)53-37-33-48(34-38-53)47-31-35-52(36-32-47)64(50-21-8-4-9-22-50)55-26-17-41-63(49-19-6-3-7-20-49)60-29-14-12-27-57(60)46(2)43-55/h3-17,19-40,42-46H,18,41H2,1-2H3. The van der Waals surface area contributed by atoms with Crippen molar-refractivity contribution in [3.8, 4) is 11.1 Å². The van der Waals surface area contributed by atoms with Crippen LogP contribution < -0.4 is 14.7 Å². The van der Waals surface area contributed by atoms with Crippen LogP contribution in [0.3, 0.4) is 0 Å². The molecule has 2 aliphatic rings. The van der Waals surface area contributed by atoms with Crippen LogP contribution in [0.15, 0.2) is 248 Å². The second-order valence-corrected chi connectivity index (χ2v) is 17.5. The van der Waals surface area contributed by atoms with Gasteiger partial charge in [-0.2, -0.15) is 0 Å². The second kappa shape index (κ2) is 17.8. The van der Waals surface area contributed by atoms with Crippen molar-refractivity contribution < 1.29 is 0 Å². The average Bonchev–Trinajstić information content (AvgIpc) is 3.73. The summed E-state index contributed by atoms with van der Waals surface area (Å²) in [7, 11) is 0. The molecule has 0 fully saturated rings. The SMILES string of the molecule is CC1C=C(n2c3ccccc3c3cc(N(c4ccccc4)c4ccc(-c5ccc(N(C6=CC(C)c7ccccc7N(c7ccccc7)CC=C6)c6ccccc6)cc5)cc4)ccc32)C=CC1. The van der Waals surface area contributed by atoms with Crippen LogP contribution in [0.5, 0.6) is 0 Å². The molecule has 2 unspecified atom stereocenters. The minimum atomic E-state index is 0.160. The lowest BCUT2D eigenvalue weighted by atomic mass is 9.96. The quantitative estimate of drug-likeness (QED) is 0.144. The summed E-state index contributed by atoms with van der Waals surface area (Å²) in [5.74, 6) is 0.665. The van der Waals surface area contributed by atoms with Gasteiger partial charge in [-0.15, -0.1) is 0 Å². The summed E-state index contributed by atoms with van der Waals surface area (Å²) in [6.07, 6.45) is 15.1. The van der Waals surface area contributed by atoms with Gasteiger partial charge in [0.2, 0.25) is 0 Å². The van der Waals surface area contributed by atoms with E-state index < -0.39 is 0 Å². The number of nitrogens with zero attached hydrogens (tertiary/aromatic N) is 4. The molecule has 320 valence electrons. The van der Waals surface area contributed by atoms with Gasteiger partial charge in [-0.05, 0) is 132 Å². The third-order valence-corrected chi connectivity index (χ3v) is 13.1. The predicted octanol–water partition coefficient (Wildman–Crippen LogP) is 16.9. The largest absolute Gasteiger partial charge is 0.337 e. The molecular weight excluding hydrogens is 801 g/mol. The van der Waals surface area contributed by atoms with Crippen molar-refractivity contribution in [2.45, 2.75) is 26.2 Å². The Kier molecular flexibility index (Phi) is 11.0. The van der Waals surface area contributed by atoms with Gasteiger partial charge in [0.05, 0.1) is 11.0 Å². The lowest BCUT2D eigenvalue weighted by Gasteiger charge is -2.28. The molecule has 2 heterocycles. The second-order valence-electron chi connectivity index (χ2n) is 17.5. The highest BCUT2D eigenvalue weighted by Crippen LogP contribution is 2.42. The van der Waals surface area contributed by atoms with Crippen LogP contribution in [0.1, 0.15) is 31.7 Å². The van der Waals surface area contributed by atoms with Gasteiger partial charge in [0.15, 0.2) is 0 Å². The van der Waals surface area contributed by atoms with E-state index >= 15 is 0 Å². The Morgan fingerprint density at radius 1 is 0.455 bits per heavy atom. The van der Waals surface area contributed by atoms with E-state index in [1.807, 2.05) is 0 Å². The van der Waals surface area contributed by atoms with E-state index in [4.69, 9.17) is 0 Å². The number of hydrogen-bond donors (Lipinski definition) is 0. The zero-order valence-electron chi connectivity index (χ0n) is 37.5. The molecule has 1 aliphatic carbocycles. The molecule has 0 amide bonds. The van der Waals surface area contributed by atoms with Gasteiger partial charge < -0.3 is 19.3 Å². The average molecular weight is 853 g/mol. The van der Waals surface area contributed by atoms with Crippen molar-refractivity contribution in [2.75, 3.05) is 21.2 Å². The maximum absolute atomic E-state index is 2.43. The van der Waals surface area contributed by atoms with Crippen LogP contribution in [0.25, 0.3) is 38.6 Å². The summed E-state index contributed by atoms with van der Waals surface area (Å²) in [4.78, 5) is 7.17. The summed E-state index contributed by atoms with van der Waals surface area (Å²) >= 11 is 0. The Hall–Kier alpha value is -8.08. The van der Waals surface area contributed by atoms with Crippen molar-refractivity contribution in [2.24, 2.45) is 5.92 Å². The Labute approximate surface area is 388 Å². The molecule has 8 aromatic carbocycles. The first-order chi connectivity index (χ1) is 32.6. The predicted molar refractivity (Wildman–Crippen MR) is 281 cm³/mol. The molecule has 66 heavy (non-hydrogen) atoms. The van der Waals surface area contributed by atoms with Crippen LogP contribution in [0, 0.1) is 5.92 Å². The number of para-hydroxylation sites is 5. The first kappa shape index (κ1) is 40.7. The highest BCUT2D eigenvalue weighted by atomic mass is 15.2. The van der Waals surface area contributed by atoms with Crippen molar-refractivity contribution in [1.82, 2.24) is 4.57 Å². The molecule has 9 aromatic rings. The summed E-state index contributed by atoms with van der Waals surface area (Å²) in [6, 6.07) is 74.7. The van der Waals surface area contributed by atoms with Crippen LogP contribution in [-0.4, -0.2) is 11.1 Å². The molecule has 0 saturated heterocycles. The smallest absolute Gasteiger partial charge is 0.0542 e. The third kappa shape index (κ3) is 7.81. The van der Waals surface area contributed by atoms with Crippen molar-refractivity contribution >= 4 is 67.3 Å². The van der Waals surface area contributed by atoms with E-state index in [-0.39, 0.29) is 5.92 Å². The molecule has 0 spiro atoms. The molecule has 0 N–H and O–H groups in total. The molecule has 4 nitrogen and oxygen atoms in total. The topological polar surface area (TPSA) is 14.7 Å². The van der Waals surface area contributed by atoms with Gasteiger partial charge in [-0.1, -0.05) is 153 Å². The molecule has 4 heteroatoms. The third-order valence-electron chi connectivity index (χ3n) is 13.1. The Balaban J connectivity index is 0.929. The molecule has 11 rings (SSSR count). The monoisotopic (exact) mass is 852 g/mol. The zero-order valence-corrected chi connectivity index (χ0v) is 37.5. The minimum Gasteiger partial charge on any atom is -0.337 e. The molecule has 1 aliphatic heterocycles. The van der Waals surface area contributed by atoms with Crippen molar-refractivity contribution in [3.05, 3.63) is 254 Å². The molecule has 0 bridgehead atoms. The summed E-state index contributed by atoms with van der Waals surface area (Å²) in [5.41, 5.74) is 16.4. The minimum absolute atomic E-state index is 0.160. The zero-order chi connectivity index (χ0) is 44.4. The van der Waals surface area contributed by atoms with Crippen molar-refractivity contribution in [1.29, 1.82) is 0 Å². The summed E-state index contributed by atoms with van der Waals surface area (Å²) in [5, 5.41) is 2.50. The van der Waals surface area contributed by atoms with Gasteiger partial charge in [-0.3, -0.25) is 0 Å². The fourth-order valence-corrected chi connectivity index (χ4v) is 9.90. The lowest BCUT2D eigenvalue weighted by Crippen LogP contribution is -2.18. The lowest BCUT2D eigenvalue weighted by molar-refractivity contribution is 0.735. The van der Waals surface area contributed by atoms with E-state index in [1.54, 1.807) is 0 Å². The molecule has 1 aromatic heterocycles. The van der Waals surface area contributed by atoms with Gasteiger partial charge in [0.1, 0.15) is 0 Å². The van der Waals surface area contributed by atoms with Crippen LogP contribution in [0.2, 0.25) is 0 Å². The van der Waals surface area contributed by atoms with Crippen LogP contribution in [0.4, 0.5) is 39.8 Å². The van der Waals surface area contributed by atoms with Crippen molar-refractivity contribution in [3.63, 3.8) is 0 Å². The summed E-state index contributed by atoms with van der Waals surface area (Å²) in [6.45, 7) is 5.35. The number of hydrogen-bond acceptors (Lipinski definition) is 3. The van der Waals surface area contributed by atoms with E-state index in [2.05, 4.69) is 276 Å². The maximum Gasteiger partial charge on any atom is 0.0542 e. The van der Waals surface area contributed by atoms with E-state index in [1.165, 1.54) is 55.6 Å². The summed E-state index contributed by atoms with van der Waals surface area (Å²) < 4.78 is 2.43. The van der Waals surface area contributed by atoms with Crippen LogP contribution in [-0.2, 0) is 0 Å². The number of benzene rings is 8. The molecule has 0 radical (unpaired) electrons. The number of fused-ring (bicyclic) bond motifs is 4. The van der Waals surface area contributed by atoms with Gasteiger partial charge >= 0.3 is 0 Å². The van der Waals surface area contributed by atoms with Crippen LogP contribution >= 0.6 is 0 Å². The number of aromatic nitrogens is 1. The fourth-order valence-electron chi connectivity index (χ4n) is 9.90. The Bertz CT molecular complexity index is 3270. The van der Waals surface area contributed by atoms with Gasteiger partial charge in [-0.25, -0.2) is 0 Å². The maximum atomic E-state index is 2.43. The highest BCUT2D eigenvalue weighted by molar-refractivity contribution is 6.11. The first-order valence-corrected chi connectivity index (χ1v) is 23.2. The normalized spacial score (nSPS) is 15.9. The fraction of sp³-hybridized carbons (Fsp3) is 0.0968. The molecule has 0 saturated carbocycles. The molecular formula is C62H52N4. The highest BCUT2D eigenvalue weighted by Gasteiger charge is 2.22. The number of anilines is 7.